The van der Waals surface area contributed by atoms with E-state index >= 15 is 0 Å². The third-order valence-corrected chi connectivity index (χ3v) is 4.77. The third-order valence-electron chi connectivity index (χ3n) is 3.30. The van der Waals surface area contributed by atoms with Gasteiger partial charge in [0.05, 0.1) is 11.5 Å². The van der Waals surface area contributed by atoms with Crippen molar-refractivity contribution in [2.24, 2.45) is 0 Å². The summed E-state index contributed by atoms with van der Waals surface area (Å²) in [7, 11) is -3.57. The van der Waals surface area contributed by atoms with Crippen LogP contribution in [0.4, 0.5) is 0 Å². The molecule has 1 amide bonds. The second kappa shape index (κ2) is 9.79. The second-order valence-electron chi connectivity index (χ2n) is 5.25. The quantitative estimate of drug-likeness (QED) is 0.612. The minimum absolute atomic E-state index is 0.0893. The SMILES string of the molecule is CCOc1ccc(OCC(=O)NCCNS(=O)(=O)c2ccccc2)cc1. The summed E-state index contributed by atoms with van der Waals surface area (Å²) in [6.07, 6.45) is 0. The van der Waals surface area contributed by atoms with E-state index in [1.54, 1.807) is 42.5 Å². The summed E-state index contributed by atoms with van der Waals surface area (Å²) in [6.45, 7) is 2.58. The van der Waals surface area contributed by atoms with Gasteiger partial charge in [0, 0.05) is 13.1 Å². The number of carbonyl (C=O) groups is 1. The zero-order chi connectivity index (χ0) is 18.8. The van der Waals surface area contributed by atoms with Crippen LogP contribution in [0.25, 0.3) is 0 Å². The van der Waals surface area contributed by atoms with Gasteiger partial charge in [-0.2, -0.15) is 0 Å². The number of sulfonamides is 1. The first-order valence-electron chi connectivity index (χ1n) is 8.18. The number of benzene rings is 2. The molecule has 0 unspecified atom stereocenters. The molecule has 0 aliphatic rings. The van der Waals surface area contributed by atoms with Crippen molar-refractivity contribution in [1.29, 1.82) is 0 Å². The lowest BCUT2D eigenvalue weighted by molar-refractivity contribution is -0.123. The lowest BCUT2D eigenvalue weighted by Gasteiger charge is -2.09. The van der Waals surface area contributed by atoms with Crippen LogP contribution in [0.2, 0.25) is 0 Å². The van der Waals surface area contributed by atoms with E-state index in [-0.39, 0.29) is 30.5 Å². The van der Waals surface area contributed by atoms with Crippen molar-refractivity contribution in [3.63, 3.8) is 0 Å². The Hall–Kier alpha value is -2.58. The first-order chi connectivity index (χ1) is 12.5. The minimum Gasteiger partial charge on any atom is -0.494 e. The average molecular weight is 378 g/mol. The van der Waals surface area contributed by atoms with Gasteiger partial charge in [0.1, 0.15) is 11.5 Å². The Morgan fingerprint density at radius 3 is 2.15 bits per heavy atom. The second-order valence-corrected chi connectivity index (χ2v) is 7.02. The number of rotatable bonds is 10. The highest BCUT2D eigenvalue weighted by atomic mass is 32.2. The minimum atomic E-state index is -3.57. The zero-order valence-corrected chi connectivity index (χ0v) is 15.3. The predicted octanol–water partition coefficient (Wildman–Crippen LogP) is 1.56. The molecule has 0 atom stereocenters. The smallest absolute Gasteiger partial charge is 0.257 e. The van der Waals surface area contributed by atoms with Crippen LogP contribution in [-0.4, -0.2) is 40.6 Å². The van der Waals surface area contributed by atoms with Crippen molar-refractivity contribution >= 4 is 15.9 Å². The largest absolute Gasteiger partial charge is 0.494 e. The van der Waals surface area contributed by atoms with Crippen molar-refractivity contribution in [3.05, 3.63) is 54.6 Å². The highest BCUT2D eigenvalue weighted by molar-refractivity contribution is 7.89. The van der Waals surface area contributed by atoms with Gasteiger partial charge < -0.3 is 14.8 Å². The Bertz CT molecular complexity index is 792. The van der Waals surface area contributed by atoms with Crippen molar-refractivity contribution in [1.82, 2.24) is 10.0 Å². The lowest BCUT2D eigenvalue weighted by atomic mass is 10.3. The summed E-state index contributed by atoms with van der Waals surface area (Å²) in [4.78, 5) is 11.9. The molecular weight excluding hydrogens is 356 g/mol. The van der Waals surface area contributed by atoms with Crippen LogP contribution >= 0.6 is 0 Å². The van der Waals surface area contributed by atoms with Crippen molar-refractivity contribution < 1.29 is 22.7 Å². The van der Waals surface area contributed by atoms with Gasteiger partial charge in [-0.1, -0.05) is 18.2 Å². The molecule has 2 rings (SSSR count). The van der Waals surface area contributed by atoms with Crippen LogP contribution in [0.5, 0.6) is 11.5 Å². The molecule has 0 aliphatic carbocycles. The molecule has 0 saturated heterocycles. The topological polar surface area (TPSA) is 93.7 Å². The molecule has 140 valence electrons. The number of ether oxygens (including phenoxy) is 2. The van der Waals surface area contributed by atoms with Gasteiger partial charge in [-0.3, -0.25) is 4.79 Å². The van der Waals surface area contributed by atoms with E-state index in [1.807, 2.05) is 6.92 Å². The van der Waals surface area contributed by atoms with E-state index in [0.29, 0.717) is 12.4 Å². The Balaban J connectivity index is 1.67. The molecule has 0 aliphatic heterocycles. The van der Waals surface area contributed by atoms with Crippen LogP contribution in [0, 0.1) is 0 Å². The van der Waals surface area contributed by atoms with E-state index in [9.17, 15) is 13.2 Å². The third kappa shape index (κ3) is 6.38. The first kappa shape index (κ1) is 19.7. The number of amides is 1. The van der Waals surface area contributed by atoms with Crippen LogP contribution in [0.3, 0.4) is 0 Å². The molecule has 2 aromatic carbocycles. The Morgan fingerprint density at radius 1 is 0.923 bits per heavy atom. The van der Waals surface area contributed by atoms with Crippen LogP contribution in [0.1, 0.15) is 6.92 Å². The molecule has 2 N–H and O–H groups in total. The van der Waals surface area contributed by atoms with E-state index in [2.05, 4.69) is 10.0 Å². The molecule has 0 radical (unpaired) electrons. The van der Waals surface area contributed by atoms with Gasteiger partial charge in [-0.05, 0) is 43.3 Å². The molecule has 26 heavy (non-hydrogen) atoms. The Kier molecular flexibility index (Phi) is 7.43. The molecule has 0 fully saturated rings. The standard InChI is InChI=1S/C18H22N2O5S/c1-2-24-15-8-10-16(11-9-15)25-14-18(21)19-12-13-20-26(22,23)17-6-4-3-5-7-17/h3-11,20H,2,12-14H2,1H3,(H,19,21). The molecule has 0 saturated carbocycles. The lowest BCUT2D eigenvalue weighted by Crippen LogP contribution is -2.36. The molecule has 2 aromatic rings. The number of nitrogens with one attached hydrogen (secondary N) is 2. The van der Waals surface area contributed by atoms with Gasteiger partial charge >= 0.3 is 0 Å². The van der Waals surface area contributed by atoms with E-state index in [4.69, 9.17) is 9.47 Å². The Labute approximate surface area is 153 Å². The number of hydrogen-bond acceptors (Lipinski definition) is 5. The highest BCUT2D eigenvalue weighted by Crippen LogP contribution is 2.17. The number of hydrogen-bond donors (Lipinski definition) is 2. The average Bonchev–Trinajstić information content (AvgIpc) is 2.66. The maximum Gasteiger partial charge on any atom is 0.257 e. The van der Waals surface area contributed by atoms with Crippen LogP contribution in [-0.2, 0) is 14.8 Å². The fourth-order valence-corrected chi connectivity index (χ4v) is 3.12. The first-order valence-corrected chi connectivity index (χ1v) is 9.66. The predicted molar refractivity (Wildman–Crippen MR) is 97.7 cm³/mol. The molecule has 7 nitrogen and oxygen atoms in total. The summed E-state index contributed by atoms with van der Waals surface area (Å²) in [6, 6.07) is 15.0. The van der Waals surface area contributed by atoms with Crippen LogP contribution in [0.15, 0.2) is 59.5 Å². The monoisotopic (exact) mass is 378 g/mol. The fourth-order valence-electron chi connectivity index (χ4n) is 2.07. The van der Waals surface area contributed by atoms with Crippen molar-refractivity contribution in [3.8, 4) is 11.5 Å². The summed E-state index contributed by atoms with van der Waals surface area (Å²) < 4.78 is 37.1. The molecule has 0 heterocycles. The van der Waals surface area contributed by atoms with Gasteiger partial charge in [0.25, 0.3) is 5.91 Å². The van der Waals surface area contributed by atoms with Gasteiger partial charge in [-0.25, -0.2) is 13.1 Å². The normalized spacial score (nSPS) is 11.0. The molecule has 0 bridgehead atoms. The summed E-state index contributed by atoms with van der Waals surface area (Å²) >= 11 is 0. The molecule has 0 spiro atoms. The molecular formula is C18H22N2O5S. The molecule has 0 aromatic heterocycles. The van der Waals surface area contributed by atoms with Crippen LogP contribution < -0.4 is 19.5 Å². The van der Waals surface area contributed by atoms with E-state index in [0.717, 1.165) is 5.75 Å². The van der Waals surface area contributed by atoms with E-state index < -0.39 is 10.0 Å². The summed E-state index contributed by atoms with van der Waals surface area (Å²) in [5, 5.41) is 2.59. The number of carbonyl (C=O) groups excluding carboxylic acids is 1. The summed E-state index contributed by atoms with van der Waals surface area (Å²) in [5.74, 6) is 0.946. The highest BCUT2D eigenvalue weighted by Gasteiger charge is 2.12. The van der Waals surface area contributed by atoms with Crippen molar-refractivity contribution in [2.45, 2.75) is 11.8 Å². The van der Waals surface area contributed by atoms with Gasteiger partial charge in [0.2, 0.25) is 10.0 Å². The van der Waals surface area contributed by atoms with Crippen molar-refractivity contribution in [2.75, 3.05) is 26.3 Å². The maximum absolute atomic E-state index is 12.0. The fraction of sp³-hybridized carbons (Fsp3) is 0.278. The van der Waals surface area contributed by atoms with Gasteiger partial charge in [0.15, 0.2) is 6.61 Å². The van der Waals surface area contributed by atoms with E-state index in [1.165, 1.54) is 12.1 Å². The van der Waals surface area contributed by atoms with Gasteiger partial charge in [-0.15, -0.1) is 0 Å². The summed E-state index contributed by atoms with van der Waals surface area (Å²) in [5.41, 5.74) is 0. The maximum atomic E-state index is 12.0. The molecule has 8 heteroatoms. The Morgan fingerprint density at radius 2 is 1.54 bits per heavy atom. The zero-order valence-electron chi connectivity index (χ0n) is 14.5.